The van der Waals surface area contributed by atoms with Crippen LogP contribution in [0.4, 0.5) is 0 Å². The van der Waals surface area contributed by atoms with Gasteiger partial charge in [0.2, 0.25) is 0 Å². The van der Waals surface area contributed by atoms with Crippen molar-refractivity contribution in [3.63, 3.8) is 0 Å². The van der Waals surface area contributed by atoms with E-state index in [1.54, 1.807) is 6.07 Å². The van der Waals surface area contributed by atoms with E-state index in [1.807, 2.05) is 56.3 Å². The molecule has 2 aromatic rings. The Bertz CT molecular complexity index is 640. The molecule has 2 heteroatoms. The Labute approximate surface area is 113 Å². The monoisotopic (exact) mass is 252 g/mol. The first-order valence-corrected chi connectivity index (χ1v) is 6.13. The van der Waals surface area contributed by atoms with Gasteiger partial charge in [0.1, 0.15) is 5.75 Å². The van der Waals surface area contributed by atoms with E-state index in [2.05, 4.69) is 0 Å². The minimum Gasteiger partial charge on any atom is -0.507 e. The van der Waals surface area contributed by atoms with Crippen LogP contribution in [0.3, 0.4) is 0 Å². The number of carbonyl (C=O) groups excluding carboxylic acids is 1. The zero-order valence-corrected chi connectivity index (χ0v) is 11.1. The molecule has 0 aliphatic carbocycles. The normalized spacial score (nSPS) is 10.8. The minimum atomic E-state index is 0.246. The summed E-state index contributed by atoms with van der Waals surface area (Å²) >= 11 is 0. The molecular weight excluding hydrogens is 236 g/mol. The number of rotatable bonds is 3. The van der Waals surface area contributed by atoms with Crippen molar-refractivity contribution in [3.05, 3.63) is 64.2 Å². The van der Waals surface area contributed by atoms with Crippen LogP contribution in [0.5, 0.6) is 5.75 Å². The summed E-state index contributed by atoms with van der Waals surface area (Å²) in [6.07, 6.45) is 4.50. The fourth-order valence-corrected chi connectivity index (χ4v) is 1.92. The molecule has 0 aliphatic heterocycles. The van der Waals surface area contributed by atoms with Gasteiger partial charge in [0.25, 0.3) is 0 Å². The number of aryl methyl sites for hydroxylation is 2. The van der Waals surface area contributed by atoms with Crippen molar-refractivity contribution in [1.82, 2.24) is 0 Å². The van der Waals surface area contributed by atoms with Gasteiger partial charge in [-0.1, -0.05) is 42.0 Å². The highest BCUT2D eigenvalue weighted by atomic mass is 16.3. The van der Waals surface area contributed by atoms with E-state index in [1.165, 1.54) is 0 Å². The number of phenolic OH excluding ortho intramolecular Hbond substituents is 1. The fourth-order valence-electron chi connectivity index (χ4n) is 1.92. The Morgan fingerprint density at radius 3 is 2.05 bits per heavy atom. The minimum absolute atomic E-state index is 0.246. The third kappa shape index (κ3) is 3.10. The second-order valence-corrected chi connectivity index (χ2v) is 4.65. The molecule has 0 amide bonds. The Balaban J connectivity index is 2.35. The van der Waals surface area contributed by atoms with Crippen LogP contribution >= 0.6 is 0 Å². The van der Waals surface area contributed by atoms with Gasteiger partial charge in [-0.3, -0.25) is 4.79 Å². The van der Waals surface area contributed by atoms with Crippen LogP contribution in [-0.4, -0.2) is 11.4 Å². The molecule has 2 nitrogen and oxygen atoms in total. The molecule has 0 aromatic heterocycles. The maximum atomic E-state index is 11.0. The van der Waals surface area contributed by atoms with Crippen LogP contribution in [0.1, 0.15) is 32.6 Å². The Morgan fingerprint density at radius 1 is 0.842 bits per heavy atom. The molecule has 2 rings (SSSR count). The van der Waals surface area contributed by atoms with Gasteiger partial charge in [0, 0.05) is 11.1 Å². The van der Waals surface area contributed by atoms with Gasteiger partial charge in [-0.25, -0.2) is 0 Å². The van der Waals surface area contributed by atoms with E-state index in [0.29, 0.717) is 5.56 Å². The molecule has 0 unspecified atom stereocenters. The summed E-state index contributed by atoms with van der Waals surface area (Å²) < 4.78 is 0. The number of aldehydes is 1. The van der Waals surface area contributed by atoms with E-state index in [-0.39, 0.29) is 5.75 Å². The van der Waals surface area contributed by atoms with E-state index >= 15 is 0 Å². The maximum Gasteiger partial charge on any atom is 0.150 e. The lowest BCUT2D eigenvalue weighted by atomic mass is 10.0. The molecule has 1 N–H and O–H groups in total. The van der Waals surface area contributed by atoms with Crippen molar-refractivity contribution in [3.8, 4) is 5.75 Å². The molecule has 2 aromatic carbocycles. The van der Waals surface area contributed by atoms with Gasteiger partial charge in [0.05, 0.1) is 0 Å². The third-order valence-electron chi connectivity index (χ3n) is 3.00. The predicted molar refractivity (Wildman–Crippen MR) is 78.3 cm³/mol. The molecule has 0 aliphatic rings. The number of hydrogen-bond acceptors (Lipinski definition) is 2. The summed E-state index contributed by atoms with van der Waals surface area (Å²) in [5.74, 6) is 0.246. The van der Waals surface area contributed by atoms with Crippen LogP contribution in [-0.2, 0) is 0 Å². The zero-order chi connectivity index (χ0) is 13.8. The second kappa shape index (κ2) is 5.53. The van der Waals surface area contributed by atoms with E-state index < -0.39 is 0 Å². The van der Waals surface area contributed by atoms with Crippen molar-refractivity contribution >= 4 is 18.4 Å². The summed E-state index contributed by atoms with van der Waals surface area (Å²) in [5.41, 5.74) is 4.31. The lowest BCUT2D eigenvalue weighted by Crippen LogP contribution is -1.87. The van der Waals surface area contributed by atoms with Crippen LogP contribution in [0.15, 0.2) is 36.4 Å². The van der Waals surface area contributed by atoms with Gasteiger partial charge < -0.3 is 5.11 Å². The average molecular weight is 252 g/mol. The number of aromatic hydroxyl groups is 1. The number of phenols is 1. The molecular formula is C17H16O2. The Kier molecular flexibility index (Phi) is 3.81. The SMILES string of the molecule is Cc1ccc(/C=C/c2ccc(C)cc2C=O)c(O)c1. The van der Waals surface area contributed by atoms with E-state index in [9.17, 15) is 9.90 Å². The first kappa shape index (κ1) is 13.1. The van der Waals surface area contributed by atoms with Crippen LogP contribution < -0.4 is 0 Å². The second-order valence-electron chi connectivity index (χ2n) is 4.65. The quantitative estimate of drug-likeness (QED) is 0.662. The fraction of sp³-hybridized carbons (Fsp3) is 0.118. The highest BCUT2D eigenvalue weighted by Crippen LogP contribution is 2.21. The van der Waals surface area contributed by atoms with Crippen molar-refractivity contribution in [2.45, 2.75) is 13.8 Å². The first-order valence-electron chi connectivity index (χ1n) is 6.13. The highest BCUT2D eigenvalue weighted by Gasteiger charge is 2.00. The molecule has 0 heterocycles. The largest absolute Gasteiger partial charge is 0.507 e. The Hall–Kier alpha value is -2.35. The summed E-state index contributed by atoms with van der Waals surface area (Å²) in [5, 5.41) is 9.82. The van der Waals surface area contributed by atoms with Gasteiger partial charge >= 0.3 is 0 Å². The summed E-state index contributed by atoms with van der Waals surface area (Å²) in [6.45, 7) is 3.88. The molecule has 96 valence electrons. The third-order valence-corrected chi connectivity index (χ3v) is 3.00. The highest BCUT2D eigenvalue weighted by molar-refractivity contribution is 5.85. The molecule has 0 radical (unpaired) electrons. The van der Waals surface area contributed by atoms with E-state index in [0.717, 1.165) is 28.5 Å². The van der Waals surface area contributed by atoms with Crippen molar-refractivity contribution in [2.75, 3.05) is 0 Å². The van der Waals surface area contributed by atoms with Gasteiger partial charge in [-0.15, -0.1) is 0 Å². The van der Waals surface area contributed by atoms with Gasteiger partial charge in [-0.05, 0) is 37.1 Å². The molecule has 0 atom stereocenters. The molecule has 0 saturated carbocycles. The standard InChI is InChI=1S/C17H16O2/c1-12-3-5-14(16(9-12)11-18)7-8-15-6-4-13(2)10-17(15)19/h3-11,19H,1-2H3/b8-7+. The predicted octanol–water partition coefficient (Wildman–Crippen LogP) is 3.99. The van der Waals surface area contributed by atoms with Crippen LogP contribution in [0.25, 0.3) is 12.2 Å². The van der Waals surface area contributed by atoms with Crippen molar-refractivity contribution in [1.29, 1.82) is 0 Å². The molecule has 19 heavy (non-hydrogen) atoms. The summed E-state index contributed by atoms with van der Waals surface area (Å²) in [6, 6.07) is 11.2. The number of hydrogen-bond donors (Lipinski definition) is 1. The van der Waals surface area contributed by atoms with Crippen molar-refractivity contribution in [2.24, 2.45) is 0 Å². The smallest absolute Gasteiger partial charge is 0.150 e. The molecule has 0 saturated heterocycles. The average Bonchev–Trinajstić information content (AvgIpc) is 2.39. The molecule has 0 spiro atoms. The zero-order valence-electron chi connectivity index (χ0n) is 11.1. The number of benzene rings is 2. The van der Waals surface area contributed by atoms with Crippen LogP contribution in [0, 0.1) is 13.8 Å². The lowest BCUT2D eigenvalue weighted by molar-refractivity contribution is 0.112. The summed E-state index contributed by atoms with van der Waals surface area (Å²) in [7, 11) is 0. The Morgan fingerprint density at radius 2 is 1.42 bits per heavy atom. The molecule has 0 fully saturated rings. The first-order chi connectivity index (χ1) is 9.10. The van der Waals surface area contributed by atoms with Crippen molar-refractivity contribution < 1.29 is 9.90 Å². The summed E-state index contributed by atoms with van der Waals surface area (Å²) in [4.78, 5) is 11.0. The van der Waals surface area contributed by atoms with E-state index in [4.69, 9.17) is 0 Å². The lowest BCUT2D eigenvalue weighted by Gasteiger charge is -2.02. The number of carbonyl (C=O) groups is 1. The molecule has 0 bridgehead atoms. The maximum absolute atomic E-state index is 11.0. The van der Waals surface area contributed by atoms with Gasteiger partial charge in [-0.2, -0.15) is 0 Å². The van der Waals surface area contributed by atoms with Crippen LogP contribution in [0.2, 0.25) is 0 Å². The topological polar surface area (TPSA) is 37.3 Å². The van der Waals surface area contributed by atoms with Gasteiger partial charge in [0.15, 0.2) is 6.29 Å².